The molecule has 0 aliphatic carbocycles. The van der Waals surface area contributed by atoms with Crippen LogP contribution in [0.4, 0.5) is 13.2 Å². The molecule has 0 fully saturated rings. The number of pyridine rings is 1. The molecule has 0 amide bonds. The number of aromatic nitrogens is 1. The molecule has 1 aromatic rings. The van der Waals surface area contributed by atoms with Gasteiger partial charge in [0.1, 0.15) is 0 Å². The maximum absolute atomic E-state index is 12.4. The van der Waals surface area contributed by atoms with E-state index < -0.39 is 21.5 Å². The molecular formula is C11H13F3N2O3S. The van der Waals surface area contributed by atoms with Crippen LogP contribution in [0.1, 0.15) is 35.3 Å². The Morgan fingerprint density at radius 3 is 2.50 bits per heavy atom. The molecule has 2 rings (SSSR count). The van der Waals surface area contributed by atoms with E-state index in [-0.39, 0.29) is 12.6 Å². The average molecular weight is 310 g/mol. The Hall–Kier alpha value is -1.35. The standard InChI is InChI=1S/C11H13F3N2O3S/c1-5-6(2)16-10(8-4-15-7(3)9(5)8)19-20(17,18)11(12,13)14/h7,15H,4H2,1-3H3. The number of halogens is 3. The van der Waals surface area contributed by atoms with Crippen molar-refractivity contribution in [3.63, 3.8) is 0 Å². The van der Waals surface area contributed by atoms with Crippen LogP contribution in [0.2, 0.25) is 0 Å². The summed E-state index contributed by atoms with van der Waals surface area (Å²) in [6.07, 6.45) is 0. The molecule has 1 unspecified atom stereocenters. The third-order valence-corrected chi connectivity index (χ3v) is 4.23. The van der Waals surface area contributed by atoms with Crippen molar-refractivity contribution < 1.29 is 25.8 Å². The number of rotatable bonds is 2. The third-order valence-electron chi connectivity index (χ3n) is 3.29. The zero-order chi connectivity index (χ0) is 15.3. The zero-order valence-electron chi connectivity index (χ0n) is 11.0. The molecule has 0 bridgehead atoms. The smallest absolute Gasteiger partial charge is 0.355 e. The fourth-order valence-electron chi connectivity index (χ4n) is 2.17. The average Bonchev–Trinajstić information content (AvgIpc) is 2.66. The summed E-state index contributed by atoms with van der Waals surface area (Å²) in [4.78, 5) is 3.84. The van der Waals surface area contributed by atoms with Gasteiger partial charge in [-0.15, -0.1) is 0 Å². The Morgan fingerprint density at radius 2 is 1.95 bits per heavy atom. The molecule has 1 atom stereocenters. The number of fused-ring (bicyclic) bond motifs is 1. The third kappa shape index (κ3) is 2.35. The van der Waals surface area contributed by atoms with Crippen LogP contribution in [0.15, 0.2) is 0 Å². The molecule has 0 aromatic carbocycles. The second-order valence-electron chi connectivity index (χ2n) is 4.61. The van der Waals surface area contributed by atoms with Crippen LogP contribution in [0.5, 0.6) is 5.88 Å². The lowest BCUT2D eigenvalue weighted by atomic mass is 10.0. The fourth-order valence-corrected chi connectivity index (χ4v) is 2.61. The fraction of sp³-hybridized carbons (Fsp3) is 0.545. The molecular weight excluding hydrogens is 297 g/mol. The number of alkyl halides is 3. The van der Waals surface area contributed by atoms with Gasteiger partial charge in [-0.25, -0.2) is 4.98 Å². The van der Waals surface area contributed by atoms with Crippen molar-refractivity contribution in [3.05, 3.63) is 22.4 Å². The van der Waals surface area contributed by atoms with E-state index >= 15 is 0 Å². The van der Waals surface area contributed by atoms with Crippen LogP contribution in [0, 0.1) is 13.8 Å². The van der Waals surface area contributed by atoms with Gasteiger partial charge < -0.3 is 9.50 Å². The van der Waals surface area contributed by atoms with E-state index in [1.807, 2.05) is 6.92 Å². The van der Waals surface area contributed by atoms with Gasteiger partial charge in [-0.1, -0.05) is 0 Å². The predicted octanol–water partition coefficient (Wildman–Crippen LogP) is 2.09. The Balaban J connectivity index is 2.54. The first-order valence-corrected chi connectivity index (χ1v) is 7.19. The van der Waals surface area contributed by atoms with Gasteiger partial charge in [0, 0.05) is 23.8 Å². The minimum absolute atomic E-state index is 0.0948. The van der Waals surface area contributed by atoms with Crippen molar-refractivity contribution in [3.8, 4) is 5.88 Å². The summed E-state index contributed by atoms with van der Waals surface area (Å²) in [5, 5.41) is 3.02. The SMILES string of the molecule is Cc1nc(OS(=O)(=O)C(F)(F)F)c2c(c1C)C(C)NC2. The molecule has 0 saturated carbocycles. The maximum Gasteiger partial charge on any atom is 0.534 e. The molecule has 0 saturated heterocycles. The summed E-state index contributed by atoms with van der Waals surface area (Å²) in [5.74, 6) is -0.503. The molecule has 1 aromatic heterocycles. The minimum Gasteiger partial charge on any atom is -0.355 e. The van der Waals surface area contributed by atoms with Crippen LogP contribution < -0.4 is 9.50 Å². The van der Waals surface area contributed by atoms with E-state index in [0.717, 1.165) is 11.1 Å². The Bertz CT molecular complexity index is 656. The quantitative estimate of drug-likeness (QED) is 0.669. The number of aryl methyl sites for hydroxylation is 1. The molecule has 1 aliphatic rings. The highest BCUT2D eigenvalue weighted by Crippen LogP contribution is 2.36. The second kappa shape index (κ2) is 4.59. The van der Waals surface area contributed by atoms with Gasteiger partial charge >= 0.3 is 15.6 Å². The van der Waals surface area contributed by atoms with E-state index in [2.05, 4.69) is 14.5 Å². The van der Waals surface area contributed by atoms with Crippen molar-refractivity contribution >= 4 is 10.1 Å². The predicted molar refractivity (Wildman–Crippen MR) is 64.6 cm³/mol. The molecule has 20 heavy (non-hydrogen) atoms. The van der Waals surface area contributed by atoms with E-state index in [1.54, 1.807) is 13.8 Å². The van der Waals surface area contributed by atoms with Gasteiger partial charge in [-0.3, -0.25) is 0 Å². The van der Waals surface area contributed by atoms with E-state index in [9.17, 15) is 21.6 Å². The van der Waals surface area contributed by atoms with Crippen molar-refractivity contribution in [2.75, 3.05) is 0 Å². The summed E-state index contributed by atoms with van der Waals surface area (Å²) in [6.45, 7) is 5.42. The zero-order valence-corrected chi connectivity index (χ0v) is 11.8. The first-order valence-electron chi connectivity index (χ1n) is 5.78. The van der Waals surface area contributed by atoms with Crippen LogP contribution in [-0.2, 0) is 16.7 Å². The largest absolute Gasteiger partial charge is 0.534 e. The second-order valence-corrected chi connectivity index (χ2v) is 6.14. The summed E-state index contributed by atoms with van der Waals surface area (Å²) in [7, 11) is -5.71. The number of nitrogens with zero attached hydrogens (tertiary/aromatic N) is 1. The van der Waals surface area contributed by atoms with Gasteiger partial charge in [0.15, 0.2) is 0 Å². The Labute approximate surface area is 114 Å². The normalized spacial score (nSPS) is 19.0. The van der Waals surface area contributed by atoms with E-state index in [0.29, 0.717) is 11.3 Å². The van der Waals surface area contributed by atoms with Crippen molar-refractivity contribution in [1.82, 2.24) is 10.3 Å². The van der Waals surface area contributed by atoms with Crippen LogP contribution in [-0.4, -0.2) is 18.9 Å². The number of nitrogens with one attached hydrogen (secondary N) is 1. The van der Waals surface area contributed by atoms with Crippen LogP contribution in [0.3, 0.4) is 0 Å². The van der Waals surface area contributed by atoms with E-state index in [4.69, 9.17) is 0 Å². The Morgan fingerprint density at radius 1 is 1.35 bits per heavy atom. The van der Waals surface area contributed by atoms with Gasteiger partial charge in [0.25, 0.3) is 0 Å². The molecule has 0 radical (unpaired) electrons. The highest BCUT2D eigenvalue weighted by Gasteiger charge is 2.49. The van der Waals surface area contributed by atoms with Crippen LogP contribution in [0.25, 0.3) is 0 Å². The lowest BCUT2D eigenvalue weighted by Crippen LogP contribution is -2.29. The first kappa shape index (κ1) is 15.0. The van der Waals surface area contributed by atoms with Gasteiger partial charge in [-0.2, -0.15) is 21.6 Å². The monoisotopic (exact) mass is 310 g/mol. The molecule has 0 spiro atoms. The van der Waals surface area contributed by atoms with Crippen LogP contribution >= 0.6 is 0 Å². The molecule has 112 valence electrons. The van der Waals surface area contributed by atoms with Crippen molar-refractivity contribution in [2.45, 2.75) is 38.9 Å². The minimum atomic E-state index is -5.71. The van der Waals surface area contributed by atoms with Gasteiger partial charge in [-0.05, 0) is 31.9 Å². The van der Waals surface area contributed by atoms with Crippen molar-refractivity contribution in [2.24, 2.45) is 0 Å². The summed E-state index contributed by atoms with van der Waals surface area (Å²) < 4.78 is 63.5. The highest BCUT2D eigenvalue weighted by molar-refractivity contribution is 7.87. The van der Waals surface area contributed by atoms with Gasteiger partial charge in [0.05, 0.1) is 0 Å². The molecule has 5 nitrogen and oxygen atoms in total. The lowest BCUT2D eigenvalue weighted by Gasteiger charge is -2.15. The first-order chi connectivity index (χ1) is 9.04. The van der Waals surface area contributed by atoms with Gasteiger partial charge in [0.2, 0.25) is 5.88 Å². The summed E-state index contributed by atoms with van der Waals surface area (Å²) in [5.41, 5.74) is -3.13. The summed E-state index contributed by atoms with van der Waals surface area (Å²) in [6, 6.07) is -0.0948. The van der Waals surface area contributed by atoms with Crippen molar-refractivity contribution in [1.29, 1.82) is 0 Å². The molecule has 2 heterocycles. The molecule has 1 aliphatic heterocycles. The Kier molecular flexibility index (Phi) is 3.45. The number of hydrogen-bond donors (Lipinski definition) is 1. The lowest BCUT2D eigenvalue weighted by molar-refractivity contribution is -0.0501. The maximum atomic E-state index is 12.4. The summed E-state index contributed by atoms with van der Waals surface area (Å²) >= 11 is 0. The molecule has 9 heteroatoms. The highest BCUT2D eigenvalue weighted by atomic mass is 32.2. The van der Waals surface area contributed by atoms with E-state index in [1.165, 1.54) is 0 Å². The molecule has 1 N–H and O–H groups in total. The number of hydrogen-bond acceptors (Lipinski definition) is 5. The topological polar surface area (TPSA) is 68.3 Å².